The fraction of sp³-hybridized carbons (Fsp3) is 0.133. The molecular weight excluding hydrogens is 286 g/mol. The number of hydrogen-bond donors (Lipinski definition) is 0. The summed E-state index contributed by atoms with van der Waals surface area (Å²) in [6.07, 6.45) is -0.0785. The number of halogens is 3. The first-order valence-corrected chi connectivity index (χ1v) is 6.47. The second kappa shape index (κ2) is 5.72. The molecule has 0 heterocycles. The minimum Gasteiger partial charge on any atom is -0.294 e. The molecule has 2 aromatic rings. The zero-order chi connectivity index (χ0) is 14.0. The average molecular weight is 297 g/mol. The van der Waals surface area contributed by atoms with Crippen LogP contribution in [0.2, 0.25) is 10.0 Å². The third kappa shape index (κ3) is 3.14. The number of hydrogen-bond acceptors (Lipinski definition) is 1. The van der Waals surface area contributed by atoms with Crippen molar-refractivity contribution in [1.29, 1.82) is 0 Å². The highest BCUT2D eigenvalue weighted by Gasteiger charge is 2.14. The van der Waals surface area contributed by atoms with Crippen LogP contribution in [0.1, 0.15) is 21.5 Å². The van der Waals surface area contributed by atoms with Crippen molar-refractivity contribution in [2.75, 3.05) is 0 Å². The summed E-state index contributed by atoms with van der Waals surface area (Å²) in [7, 11) is 0. The van der Waals surface area contributed by atoms with Gasteiger partial charge in [-0.3, -0.25) is 4.79 Å². The van der Waals surface area contributed by atoms with E-state index in [0.717, 1.165) is 5.56 Å². The molecule has 0 radical (unpaired) electrons. The van der Waals surface area contributed by atoms with Gasteiger partial charge in [-0.25, -0.2) is 4.39 Å². The number of carbonyl (C=O) groups is 1. The predicted molar refractivity (Wildman–Crippen MR) is 75.6 cm³/mol. The molecule has 0 aliphatic rings. The van der Waals surface area contributed by atoms with Gasteiger partial charge >= 0.3 is 0 Å². The summed E-state index contributed by atoms with van der Waals surface area (Å²) < 4.78 is 13.6. The first-order chi connectivity index (χ1) is 8.99. The van der Waals surface area contributed by atoms with Crippen LogP contribution in [-0.2, 0) is 6.42 Å². The lowest BCUT2D eigenvalue weighted by molar-refractivity contribution is 0.0992. The second-order valence-electron chi connectivity index (χ2n) is 4.26. The van der Waals surface area contributed by atoms with Gasteiger partial charge in [0.25, 0.3) is 0 Å². The highest BCUT2D eigenvalue weighted by atomic mass is 35.5. The van der Waals surface area contributed by atoms with E-state index in [4.69, 9.17) is 23.2 Å². The zero-order valence-electron chi connectivity index (χ0n) is 10.2. The summed E-state index contributed by atoms with van der Waals surface area (Å²) in [6.45, 7) is 1.85. The van der Waals surface area contributed by atoms with Crippen LogP contribution < -0.4 is 0 Å². The van der Waals surface area contributed by atoms with E-state index in [1.807, 2.05) is 6.92 Å². The Balaban J connectivity index is 2.28. The molecule has 0 spiro atoms. The van der Waals surface area contributed by atoms with Gasteiger partial charge in [0.15, 0.2) is 5.78 Å². The molecule has 0 fully saturated rings. The number of aryl methyl sites for hydroxylation is 1. The maximum Gasteiger partial charge on any atom is 0.167 e. The smallest absolute Gasteiger partial charge is 0.167 e. The average Bonchev–Trinajstić information content (AvgIpc) is 2.37. The van der Waals surface area contributed by atoms with Crippen LogP contribution in [0.15, 0.2) is 36.4 Å². The first-order valence-electron chi connectivity index (χ1n) is 5.71. The minimum absolute atomic E-state index is 0.0785. The van der Waals surface area contributed by atoms with Crippen LogP contribution in [-0.4, -0.2) is 5.78 Å². The summed E-state index contributed by atoms with van der Waals surface area (Å²) >= 11 is 11.9. The molecule has 0 unspecified atom stereocenters. The molecule has 0 aliphatic carbocycles. The van der Waals surface area contributed by atoms with E-state index in [9.17, 15) is 9.18 Å². The molecule has 0 atom stereocenters. The van der Waals surface area contributed by atoms with Crippen LogP contribution in [0.5, 0.6) is 0 Å². The molecule has 0 N–H and O–H groups in total. The Labute approximate surface area is 121 Å². The molecule has 98 valence electrons. The van der Waals surface area contributed by atoms with E-state index in [2.05, 4.69) is 0 Å². The van der Waals surface area contributed by atoms with Gasteiger partial charge < -0.3 is 0 Å². The standard InChI is InChI=1S/C15H11Cl2FO/c1-9-5-6-10(7-13(9)17)15(19)8-11-12(16)3-2-4-14(11)18/h2-7H,8H2,1H3. The van der Waals surface area contributed by atoms with E-state index in [-0.39, 0.29) is 22.8 Å². The Kier molecular flexibility index (Phi) is 4.23. The molecule has 0 saturated heterocycles. The number of Topliss-reactive ketones (excluding diaryl/α,β-unsaturated/α-hetero) is 1. The predicted octanol–water partition coefficient (Wildman–Crippen LogP) is 4.87. The van der Waals surface area contributed by atoms with Crippen molar-refractivity contribution >= 4 is 29.0 Å². The molecule has 19 heavy (non-hydrogen) atoms. The third-order valence-corrected chi connectivity index (χ3v) is 3.65. The van der Waals surface area contributed by atoms with Gasteiger partial charge in [-0.15, -0.1) is 0 Å². The fourth-order valence-electron chi connectivity index (χ4n) is 1.73. The molecule has 2 rings (SSSR count). The quantitative estimate of drug-likeness (QED) is 0.739. The Hall–Kier alpha value is -1.38. The van der Waals surface area contributed by atoms with Crippen LogP contribution in [0.3, 0.4) is 0 Å². The van der Waals surface area contributed by atoms with Crippen molar-refractivity contribution in [3.8, 4) is 0 Å². The Morgan fingerprint density at radius 2 is 1.89 bits per heavy atom. The monoisotopic (exact) mass is 296 g/mol. The van der Waals surface area contributed by atoms with E-state index >= 15 is 0 Å². The molecule has 4 heteroatoms. The van der Waals surface area contributed by atoms with Crippen LogP contribution in [0.4, 0.5) is 4.39 Å². The van der Waals surface area contributed by atoms with Crippen molar-refractivity contribution in [2.24, 2.45) is 0 Å². The summed E-state index contributed by atoms with van der Waals surface area (Å²) in [6, 6.07) is 9.39. The second-order valence-corrected chi connectivity index (χ2v) is 5.08. The van der Waals surface area contributed by atoms with Gasteiger partial charge in [-0.1, -0.05) is 41.4 Å². The maximum atomic E-state index is 13.6. The molecular formula is C15H11Cl2FO. The Morgan fingerprint density at radius 3 is 2.53 bits per heavy atom. The zero-order valence-corrected chi connectivity index (χ0v) is 11.7. The maximum absolute atomic E-state index is 13.6. The lowest BCUT2D eigenvalue weighted by atomic mass is 10.0. The van der Waals surface area contributed by atoms with Crippen molar-refractivity contribution in [3.63, 3.8) is 0 Å². The van der Waals surface area contributed by atoms with E-state index in [1.54, 1.807) is 24.3 Å². The van der Waals surface area contributed by atoms with Gasteiger partial charge in [0, 0.05) is 27.6 Å². The van der Waals surface area contributed by atoms with Gasteiger partial charge in [-0.2, -0.15) is 0 Å². The molecule has 0 amide bonds. The highest BCUT2D eigenvalue weighted by molar-refractivity contribution is 6.32. The summed E-state index contributed by atoms with van der Waals surface area (Å²) in [5, 5.41) is 0.775. The van der Waals surface area contributed by atoms with Gasteiger partial charge in [0.2, 0.25) is 0 Å². The fourth-order valence-corrected chi connectivity index (χ4v) is 2.14. The molecule has 0 aromatic heterocycles. The lowest BCUT2D eigenvalue weighted by Gasteiger charge is -2.06. The molecule has 0 saturated carbocycles. The van der Waals surface area contributed by atoms with Gasteiger partial charge in [-0.05, 0) is 30.7 Å². The molecule has 0 aliphatic heterocycles. The van der Waals surface area contributed by atoms with Crippen molar-refractivity contribution in [1.82, 2.24) is 0 Å². The van der Waals surface area contributed by atoms with E-state index in [0.29, 0.717) is 10.6 Å². The Morgan fingerprint density at radius 1 is 1.16 bits per heavy atom. The normalized spacial score (nSPS) is 10.5. The van der Waals surface area contributed by atoms with E-state index in [1.165, 1.54) is 12.1 Å². The Bertz CT molecular complexity index is 618. The number of rotatable bonds is 3. The largest absolute Gasteiger partial charge is 0.294 e. The molecule has 2 aromatic carbocycles. The summed E-state index contributed by atoms with van der Waals surface area (Å²) in [4.78, 5) is 12.1. The summed E-state index contributed by atoms with van der Waals surface area (Å²) in [5.74, 6) is -0.687. The van der Waals surface area contributed by atoms with Crippen molar-refractivity contribution < 1.29 is 9.18 Å². The third-order valence-electron chi connectivity index (χ3n) is 2.89. The highest BCUT2D eigenvalue weighted by Crippen LogP contribution is 2.22. The van der Waals surface area contributed by atoms with E-state index < -0.39 is 5.82 Å². The van der Waals surface area contributed by atoms with Crippen LogP contribution >= 0.6 is 23.2 Å². The van der Waals surface area contributed by atoms with Gasteiger partial charge in [0.1, 0.15) is 5.82 Å². The van der Waals surface area contributed by atoms with Crippen molar-refractivity contribution in [3.05, 3.63) is 69.0 Å². The van der Waals surface area contributed by atoms with Crippen molar-refractivity contribution in [2.45, 2.75) is 13.3 Å². The van der Waals surface area contributed by atoms with Gasteiger partial charge in [0.05, 0.1) is 0 Å². The van der Waals surface area contributed by atoms with Crippen LogP contribution in [0.25, 0.3) is 0 Å². The lowest BCUT2D eigenvalue weighted by Crippen LogP contribution is -2.06. The molecule has 0 bridgehead atoms. The molecule has 1 nitrogen and oxygen atoms in total. The minimum atomic E-state index is -0.473. The number of ketones is 1. The SMILES string of the molecule is Cc1ccc(C(=O)Cc2c(F)cccc2Cl)cc1Cl. The number of carbonyl (C=O) groups excluding carboxylic acids is 1. The summed E-state index contributed by atoms with van der Waals surface area (Å²) in [5.41, 5.74) is 1.56. The number of benzene rings is 2. The van der Waals surface area contributed by atoms with Crippen LogP contribution in [0, 0.1) is 12.7 Å². The topological polar surface area (TPSA) is 17.1 Å². The first kappa shape index (κ1) is 14.0.